The van der Waals surface area contributed by atoms with E-state index in [9.17, 15) is 0 Å². The molecule has 1 aromatic carbocycles. The minimum Gasteiger partial charge on any atom is -0.313 e. The Hall–Kier alpha value is -0.910. The SMILES string of the molecule is C#CCCC(CSc1ccccc1)NCCC. The van der Waals surface area contributed by atoms with Gasteiger partial charge in [0.05, 0.1) is 0 Å². The average Bonchev–Trinajstić information content (AvgIpc) is 2.39. The quantitative estimate of drug-likeness (QED) is 0.557. The van der Waals surface area contributed by atoms with Gasteiger partial charge in [0.25, 0.3) is 0 Å². The number of nitrogens with one attached hydrogen (secondary N) is 1. The van der Waals surface area contributed by atoms with Crippen molar-refractivity contribution in [3.05, 3.63) is 30.3 Å². The summed E-state index contributed by atoms with van der Waals surface area (Å²) >= 11 is 1.90. The summed E-state index contributed by atoms with van der Waals surface area (Å²) in [6.45, 7) is 3.26. The fourth-order valence-corrected chi connectivity index (χ4v) is 2.59. The van der Waals surface area contributed by atoms with E-state index in [-0.39, 0.29) is 0 Å². The zero-order valence-electron chi connectivity index (χ0n) is 10.5. The van der Waals surface area contributed by atoms with Gasteiger partial charge in [0.2, 0.25) is 0 Å². The molecule has 0 radical (unpaired) electrons. The van der Waals surface area contributed by atoms with Crippen LogP contribution >= 0.6 is 11.8 Å². The maximum atomic E-state index is 5.33. The third-order valence-electron chi connectivity index (χ3n) is 2.51. The summed E-state index contributed by atoms with van der Waals surface area (Å²) in [5, 5.41) is 3.56. The zero-order chi connectivity index (χ0) is 12.3. The van der Waals surface area contributed by atoms with Crippen LogP contribution in [0.5, 0.6) is 0 Å². The molecule has 0 fully saturated rings. The highest BCUT2D eigenvalue weighted by Crippen LogP contribution is 2.19. The molecule has 92 valence electrons. The van der Waals surface area contributed by atoms with Crippen molar-refractivity contribution < 1.29 is 0 Å². The molecule has 1 unspecified atom stereocenters. The number of benzene rings is 1. The third kappa shape index (κ3) is 6.41. The van der Waals surface area contributed by atoms with Gasteiger partial charge >= 0.3 is 0 Å². The van der Waals surface area contributed by atoms with Gasteiger partial charge in [0, 0.05) is 23.1 Å². The van der Waals surface area contributed by atoms with Crippen LogP contribution < -0.4 is 5.32 Å². The van der Waals surface area contributed by atoms with E-state index < -0.39 is 0 Å². The van der Waals surface area contributed by atoms with E-state index in [1.165, 1.54) is 11.3 Å². The molecule has 1 aromatic rings. The monoisotopic (exact) mass is 247 g/mol. The Bertz CT molecular complexity index is 329. The lowest BCUT2D eigenvalue weighted by Crippen LogP contribution is -2.31. The average molecular weight is 247 g/mol. The second-order valence-corrected chi connectivity index (χ2v) is 5.11. The number of terminal acetylenes is 1. The number of hydrogen-bond acceptors (Lipinski definition) is 2. The van der Waals surface area contributed by atoms with Crippen molar-refractivity contribution in [2.45, 2.75) is 37.1 Å². The largest absolute Gasteiger partial charge is 0.313 e. The molecule has 0 aliphatic heterocycles. The van der Waals surface area contributed by atoms with Gasteiger partial charge in [-0.3, -0.25) is 0 Å². The van der Waals surface area contributed by atoms with Crippen molar-refractivity contribution >= 4 is 11.8 Å². The van der Waals surface area contributed by atoms with Crippen LogP contribution in [0.25, 0.3) is 0 Å². The van der Waals surface area contributed by atoms with E-state index in [0.29, 0.717) is 6.04 Å². The molecule has 0 saturated heterocycles. The lowest BCUT2D eigenvalue weighted by Gasteiger charge is -2.17. The Kier molecular flexibility index (Phi) is 7.62. The predicted octanol–water partition coefficient (Wildman–Crippen LogP) is 3.56. The second kappa shape index (κ2) is 9.15. The standard InChI is InChI=1S/C15H21NS/c1-3-5-9-14(16-12-4-2)13-17-15-10-7-6-8-11-15/h1,6-8,10-11,14,16H,4-5,9,12-13H2,2H3. The number of rotatable bonds is 8. The highest BCUT2D eigenvalue weighted by atomic mass is 32.2. The number of hydrogen-bond donors (Lipinski definition) is 1. The van der Waals surface area contributed by atoms with Crippen LogP contribution in [0, 0.1) is 12.3 Å². The van der Waals surface area contributed by atoms with Crippen LogP contribution in [0.1, 0.15) is 26.2 Å². The summed E-state index contributed by atoms with van der Waals surface area (Å²) in [5.41, 5.74) is 0. The van der Waals surface area contributed by atoms with Crippen molar-refractivity contribution in [2.75, 3.05) is 12.3 Å². The molecule has 0 aromatic heterocycles. The lowest BCUT2D eigenvalue weighted by molar-refractivity contribution is 0.526. The minimum atomic E-state index is 0.524. The Morgan fingerprint density at radius 1 is 1.35 bits per heavy atom. The normalized spacial score (nSPS) is 12.0. The first-order valence-corrected chi connectivity index (χ1v) is 7.20. The van der Waals surface area contributed by atoms with Crippen LogP contribution in [0.2, 0.25) is 0 Å². The molecule has 1 atom stereocenters. The first-order valence-electron chi connectivity index (χ1n) is 6.21. The molecule has 0 heterocycles. The molecule has 0 aliphatic rings. The summed E-state index contributed by atoms with van der Waals surface area (Å²) in [6, 6.07) is 11.0. The summed E-state index contributed by atoms with van der Waals surface area (Å²) in [4.78, 5) is 1.33. The number of thioether (sulfide) groups is 1. The molecule has 0 saturated carbocycles. The van der Waals surface area contributed by atoms with Crippen LogP contribution in [0.15, 0.2) is 35.2 Å². The van der Waals surface area contributed by atoms with Gasteiger partial charge in [-0.05, 0) is 31.5 Å². The molecule has 0 spiro atoms. The van der Waals surface area contributed by atoms with Gasteiger partial charge in [0.15, 0.2) is 0 Å². The van der Waals surface area contributed by atoms with Gasteiger partial charge in [-0.1, -0.05) is 25.1 Å². The van der Waals surface area contributed by atoms with Crippen molar-refractivity contribution in [3.8, 4) is 12.3 Å². The summed E-state index contributed by atoms with van der Waals surface area (Å²) in [5.74, 6) is 3.81. The molecule has 0 aliphatic carbocycles. The predicted molar refractivity (Wildman–Crippen MR) is 77.3 cm³/mol. The summed E-state index contributed by atoms with van der Waals surface area (Å²) in [6.07, 6.45) is 8.42. The molecule has 1 nitrogen and oxygen atoms in total. The molecule has 0 bridgehead atoms. The Morgan fingerprint density at radius 3 is 2.76 bits per heavy atom. The van der Waals surface area contributed by atoms with Crippen molar-refractivity contribution in [1.29, 1.82) is 0 Å². The Labute approximate surface area is 109 Å². The van der Waals surface area contributed by atoms with Gasteiger partial charge in [-0.2, -0.15) is 0 Å². The van der Waals surface area contributed by atoms with Crippen LogP contribution in [-0.2, 0) is 0 Å². The Balaban J connectivity index is 2.35. The molecule has 17 heavy (non-hydrogen) atoms. The highest BCUT2D eigenvalue weighted by Gasteiger charge is 2.07. The molecule has 1 rings (SSSR count). The van der Waals surface area contributed by atoms with Crippen LogP contribution in [-0.4, -0.2) is 18.3 Å². The van der Waals surface area contributed by atoms with Crippen molar-refractivity contribution in [3.63, 3.8) is 0 Å². The van der Waals surface area contributed by atoms with E-state index >= 15 is 0 Å². The van der Waals surface area contributed by atoms with Crippen LogP contribution in [0.3, 0.4) is 0 Å². The fraction of sp³-hybridized carbons (Fsp3) is 0.467. The third-order valence-corrected chi connectivity index (χ3v) is 3.69. The lowest BCUT2D eigenvalue weighted by atomic mass is 10.2. The van der Waals surface area contributed by atoms with Crippen molar-refractivity contribution in [2.24, 2.45) is 0 Å². The summed E-state index contributed by atoms with van der Waals surface area (Å²) in [7, 11) is 0. The molecule has 0 amide bonds. The van der Waals surface area contributed by atoms with Crippen molar-refractivity contribution in [1.82, 2.24) is 5.32 Å². The second-order valence-electron chi connectivity index (χ2n) is 4.02. The van der Waals surface area contributed by atoms with Crippen LogP contribution in [0.4, 0.5) is 0 Å². The van der Waals surface area contributed by atoms with Gasteiger partial charge in [-0.25, -0.2) is 0 Å². The first-order chi connectivity index (χ1) is 8.36. The maximum absolute atomic E-state index is 5.33. The van der Waals surface area contributed by atoms with E-state index in [2.05, 4.69) is 48.5 Å². The molecule has 2 heteroatoms. The first kappa shape index (κ1) is 14.2. The van der Waals surface area contributed by atoms with E-state index in [0.717, 1.165) is 25.1 Å². The summed E-state index contributed by atoms with van der Waals surface area (Å²) < 4.78 is 0. The molecule has 1 N–H and O–H groups in total. The van der Waals surface area contributed by atoms with Gasteiger partial charge in [-0.15, -0.1) is 24.1 Å². The van der Waals surface area contributed by atoms with E-state index in [1.54, 1.807) is 0 Å². The fourth-order valence-electron chi connectivity index (χ4n) is 1.56. The molecular weight excluding hydrogens is 226 g/mol. The van der Waals surface area contributed by atoms with E-state index in [1.807, 2.05) is 11.8 Å². The Morgan fingerprint density at radius 2 is 2.12 bits per heavy atom. The van der Waals surface area contributed by atoms with Gasteiger partial charge < -0.3 is 5.32 Å². The zero-order valence-corrected chi connectivity index (χ0v) is 11.3. The highest BCUT2D eigenvalue weighted by molar-refractivity contribution is 7.99. The molecular formula is C15H21NS. The van der Waals surface area contributed by atoms with E-state index in [4.69, 9.17) is 6.42 Å². The smallest absolute Gasteiger partial charge is 0.0170 e. The minimum absolute atomic E-state index is 0.524. The maximum Gasteiger partial charge on any atom is 0.0170 e. The topological polar surface area (TPSA) is 12.0 Å². The van der Waals surface area contributed by atoms with Gasteiger partial charge in [0.1, 0.15) is 0 Å².